The van der Waals surface area contributed by atoms with Gasteiger partial charge in [-0.15, -0.1) is 6.58 Å². The van der Waals surface area contributed by atoms with Crippen molar-refractivity contribution in [1.29, 1.82) is 0 Å². The first kappa shape index (κ1) is 29.5. The Bertz CT molecular complexity index is 1370. The zero-order chi connectivity index (χ0) is 29.5. The lowest BCUT2D eigenvalue weighted by Gasteiger charge is -2.40. The van der Waals surface area contributed by atoms with Gasteiger partial charge >= 0.3 is 15.6 Å². The van der Waals surface area contributed by atoms with Gasteiger partial charge in [-0.1, -0.05) is 97.1 Å². The minimum Gasteiger partial charge on any atom is -0.360 e. The van der Waals surface area contributed by atoms with Gasteiger partial charge in [-0.2, -0.15) is 21.6 Å². The molecule has 41 heavy (non-hydrogen) atoms. The summed E-state index contributed by atoms with van der Waals surface area (Å²) in [6.45, 7) is 7.10. The maximum atomic E-state index is 13.3. The van der Waals surface area contributed by atoms with Crippen LogP contribution in [0.5, 0.6) is 0 Å². The molecule has 2 fully saturated rings. The van der Waals surface area contributed by atoms with Gasteiger partial charge in [-0.05, 0) is 37.0 Å². The molecular formula is C31H31F3O6S. The largest absolute Gasteiger partial charge is 0.523 e. The number of ether oxygens (including phenoxy) is 3. The molecule has 0 radical (unpaired) electrons. The number of halogens is 3. The molecule has 10 heteroatoms. The second-order valence-electron chi connectivity index (χ2n) is 10.8. The van der Waals surface area contributed by atoms with Crippen molar-refractivity contribution in [3.63, 3.8) is 0 Å². The van der Waals surface area contributed by atoms with Crippen molar-refractivity contribution in [2.24, 2.45) is 5.41 Å². The third-order valence-corrected chi connectivity index (χ3v) is 8.75. The molecule has 0 amide bonds. The third kappa shape index (κ3) is 5.35. The fourth-order valence-electron chi connectivity index (χ4n) is 5.83. The molecule has 1 saturated heterocycles. The van der Waals surface area contributed by atoms with E-state index in [1.807, 2.05) is 91.0 Å². The van der Waals surface area contributed by atoms with Crippen molar-refractivity contribution in [3.8, 4) is 0 Å². The third-order valence-electron chi connectivity index (χ3n) is 7.68. The van der Waals surface area contributed by atoms with E-state index < -0.39 is 50.7 Å². The van der Waals surface area contributed by atoms with Gasteiger partial charge in [0.1, 0.15) is 23.9 Å². The van der Waals surface area contributed by atoms with Gasteiger partial charge < -0.3 is 14.2 Å². The van der Waals surface area contributed by atoms with Gasteiger partial charge in [0.15, 0.2) is 5.79 Å². The number of hydrogen-bond donors (Lipinski definition) is 0. The van der Waals surface area contributed by atoms with Gasteiger partial charge in [-0.3, -0.25) is 4.18 Å². The Morgan fingerprint density at radius 2 is 1.34 bits per heavy atom. The standard InChI is InChI=1S/C31H31F3O6S/c1-4-29(20-25(40-41(35,36)31(32,33)34)26-27(29)39-28(2,3)38-26)21-37-30(22-14-8-5-9-15-22,23-16-10-6-11-17-23)24-18-12-7-13-19-24/h4-19,25-27H,1,20-21H2,2-3H3. The average Bonchev–Trinajstić information content (AvgIpc) is 3.41. The van der Waals surface area contributed by atoms with Gasteiger partial charge in [0.25, 0.3) is 0 Å². The first-order valence-electron chi connectivity index (χ1n) is 13.1. The zero-order valence-corrected chi connectivity index (χ0v) is 23.4. The Labute approximate surface area is 237 Å². The molecule has 2 aliphatic rings. The first-order valence-corrected chi connectivity index (χ1v) is 14.5. The monoisotopic (exact) mass is 588 g/mol. The van der Waals surface area contributed by atoms with Crippen LogP contribution in [0.2, 0.25) is 0 Å². The molecule has 4 unspecified atom stereocenters. The van der Waals surface area contributed by atoms with Crippen LogP contribution in [0.15, 0.2) is 104 Å². The van der Waals surface area contributed by atoms with E-state index in [9.17, 15) is 21.6 Å². The maximum Gasteiger partial charge on any atom is 0.523 e. The Morgan fingerprint density at radius 1 is 0.878 bits per heavy atom. The minimum atomic E-state index is -5.90. The molecule has 5 rings (SSSR count). The summed E-state index contributed by atoms with van der Waals surface area (Å²) in [5.74, 6) is -1.21. The van der Waals surface area contributed by atoms with Gasteiger partial charge in [0.05, 0.1) is 6.61 Å². The molecule has 1 aliphatic heterocycles. The zero-order valence-electron chi connectivity index (χ0n) is 22.6. The highest BCUT2D eigenvalue weighted by molar-refractivity contribution is 7.87. The summed E-state index contributed by atoms with van der Waals surface area (Å²) in [5.41, 5.74) is -5.42. The Morgan fingerprint density at radius 3 is 1.76 bits per heavy atom. The molecular weight excluding hydrogens is 557 g/mol. The summed E-state index contributed by atoms with van der Waals surface area (Å²) >= 11 is 0. The van der Waals surface area contributed by atoms with Crippen molar-refractivity contribution >= 4 is 10.1 Å². The van der Waals surface area contributed by atoms with E-state index in [1.165, 1.54) is 0 Å². The summed E-state index contributed by atoms with van der Waals surface area (Å²) in [7, 11) is -5.90. The summed E-state index contributed by atoms with van der Waals surface area (Å²) < 4.78 is 87.7. The predicted octanol–water partition coefficient (Wildman–Crippen LogP) is 6.33. The molecule has 0 aromatic heterocycles. The minimum absolute atomic E-state index is 0.0955. The molecule has 0 bridgehead atoms. The van der Waals surface area contributed by atoms with E-state index in [1.54, 1.807) is 19.9 Å². The van der Waals surface area contributed by atoms with Gasteiger partial charge in [-0.25, -0.2) is 0 Å². The summed E-state index contributed by atoms with van der Waals surface area (Å²) in [6, 6.07) is 28.7. The normalized spacial score (nSPS) is 26.0. The fraction of sp³-hybridized carbons (Fsp3) is 0.355. The number of alkyl halides is 3. The van der Waals surface area contributed by atoms with E-state index in [4.69, 9.17) is 18.4 Å². The maximum absolute atomic E-state index is 13.3. The summed E-state index contributed by atoms with van der Waals surface area (Å²) in [6.07, 6.45) is -2.11. The Balaban J connectivity index is 1.60. The molecule has 0 spiro atoms. The topological polar surface area (TPSA) is 71.1 Å². The highest BCUT2D eigenvalue weighted by atomic mass is 32.2. The van der Waals surface area contributed by atoms with Crippen LogP contribution >= 0.6 is 0 Å². The molecule has 4 atom stereocenters. The molecule has 0 N–H and O–H groups in total. The van der Waals surface area contributed by atoms with Crippen LogP contribution in [-0.4, -0.2) is 44.6 Å². The summed E-state index contributed by atoms with van der Waals surface area (Å²) in [5, 5.41) is 0. The average molecular weight is 589 g/mol. The number of rotatable bonds is 9. The molecule has 3 aromatic carbocycles. The Kier molecular flexibility index (Phi) is 7.67. The smallest absolute Gasteiger partial charge is 0.360 e. The van der Waals surface area contributed by atoms with Crippen LogP contribution in [0.3, 0.4) is 0 Å². The predicted molar refractivity (Wildman–Crippen MR) is 146 cm³/mol. The van der Waals surface area contributed by atoms with Crippen LogP contribution in [0.4, 0.5) is 13.2 Å². The fourth-order valence-corrected chi connectivity index (χ4v) is 6.44. The first-order chi connectivity index (χ1) is 19.3. The van der Waals surface area contributed by atoms with E-state index >= 15 is 0 Å². The van der Waals surface area contributed by atoms with E-state index in [-0.39, 0.29) is 13.0 Å². The SMILES string of the molecule is C=CC1(COC(c2ccccc2)(c2ccccc2)c2ccccc2)CC(OS(=O)(=O)C(F)(F)F)C2OC(C)(C)OC21. The van der Waals surface area contributed by atoms with Crippen molar-refractivity contribution in [1.82, 2.24) is 0 Å². The molecule has 1 saturated carbocycles. The van der Waals surface area contributed by atoms with Gasteiger partial charge in [0, 0.05) is 5.41 Å². The number of benzene rings is 3. The molecule has 3 aromatic rings. The highest BCUT2D eigenvalue weighted by Crippen LogP contribution is 2.53. The van der Waals surface area contributed by atoms with Crippen molar-refractivity contribution in [2.45, 2.75) is 55.5 Å². The summed E-state index contributed by atoms with van der Waals surface area (Å²) in [4.78, 5) is 0. The van der Waals surface area contributed by atoms with E-state index in [2.05, 4.69) is 6.58 Å². The lowest BCUT2D eigenvalue weighted by atomic mass is 9.79. The molecule has 218 valence electrons. The quantitative estimate of drug-likeness (QED) is 0.126. The van der Waals surface area contributed by atoms with E-state index in [0.29, 0.717) is 0 Å². The molecule has 1 aliphatic carbocycles. The van der Waals surface area contributed by atoms with Crippen LogP contribution in [0, 0.1) is 5.41 Å². The van der Waals surface area contributed by atoms with Crippen molar-refractivity contribution in [3.05, 3.63) is 120 Å². The van der Waals surface area contributed by atoms with Crippen LogP contribution < -0.4 is 0 Å². The number of fused-ring (bicyclic) bond motifs is 1. The van der Waals surface area contributed by atoms with Crippen molar-refractivity contribution in [2.75, 3.05) is 6.61 Å². The van der Waals surface area contributed by atoms with E-state index in [0.717, 1.165) is 16.7 Å². The lowest BCUT2D eigenvalue weighted by Crippen LogP contribution is -2.42. The molecule has 1 heterocycles. The second-order valence-corrected chi connectivity index (χ2v) is 12.3. The van der Waals surface area contributed by atoms with Crippen LogP contribution in [-0.2, 0) is 34.1 Å². The molecule has 6 nitrogen and oxygen atoms in total. The number of hydrogen-bond acceptors (Lipinski definition) is 6. The highest BCUT2D eigenvalue weighted by Gasteiger charge is 2.64. The second kappa shape index (κ2) is 10.7. The Hall–Kier alpha value is -3.02. The van der Waals surface area contributed by atoms with Crippen molar-refractivity contribution < 1.29 is 40.0 Å². The van der Waals surface area contributed by atoms with Gasteiger partial charge in [0.2, 0.25) is 0 Å². The van der Waals surface area contributed by atoms with Crippen LogP contribution in [0.1, 0.15) is 37.0 Å². The van der Waals surface area contributed by atoms with Crippen LogP contribution in [0.25, 0.3) is 0 Å². The lowest BCUT2D eigenvalue weighted by molar-refractivity contribution is -0.176.